The predicted octanol–water partition coefficient (Wildman–Crippen LogP) is 3.78. The first-order valence-corrected chi connectivity index (χ1v) is 22.8. The molecule has 0 spiro atoms. The minimum Gasteiger partial charge on any atom is -0.442 e. The Morgan fingerprint density at radius 1 is 0.632 bits per heavy atom. The van der Waals surface area contributed by atoms with Crippen LogP contribution in [0, 0.1) is 21.4 Å². The Kier molecular flexibility index (Phi) is 16.9. The minimum absolute atomic E-state index is 0.00380. The zero-order chi connectivity index (χ0) is 42.9. The SMILES string of the molecule is CC(=O)OC(C(=O)Nc1c(I)c(C(N)=O)c(I)c(C(=O)NCC2COC(C)(C)O2)c1I)C(=O)Nc1c(I)c(C(N)=O)c(I)c(C(=O)NCC2COC(C)(C)O2)c1I. The molecule has 0 aromatic heterocycles. The monoisotopic (exact) mass is 1470 g/mol. The van der Waals surface area contributed by atoms with Gasteiger partial charge in [0.1, 0.15) is 12.2 Å². The third kappa shape index (κ3) is 11.7. The Morgan fingerprint density at radius 2 is 0.965 bits per heavy atom. The van der Waals surface area contributed by atoms with Crippen LogP contribution in [-0.2, 0) is 38.1 Å². The van der Waals surface area contributed by atoms with Crippen molar-refractivity contribution in [3.05, 3.63) is 43.7 Å². The van der Waals surface area contributed by atoms with Gasteiger partial charge in [0.05, 0.1) is 61.1 Å². The van der Waals surface area contributed by atoms with Gasteiger partial charge >= 0.3 is 5.97 Å². The van der Waals surface area contributed by atoms with Gasteiger partial charge in [-0.2, -0.15) is 0 Å². The summed E-state index contributed by atoms with van der Waals surface area (Å²) in [5.41, 5.74) is 11.1. The Bertz CT molecular complexity index is 1930. The molecule has 0 bridgehead atoms. The van der Waals surface area contributed by atoms with Crippen molar-refractivity contribution in [1.82, 2.24) is 10.6 Å². The Labute approximate surface area is 407 Å². The molecule has 2 atom stereocenters. The summed E-state index contributed by atoms with van der Waals surface area (Å²) >= 11 is 10.8. The zero-order valence-electron chi connectivity index (χ0n) is 30.4. The summed E-state index contributed by atoms with van der Waals surface area (Å²) in [5, 5.41) is 10.6. The molecule has 18 nitrogen and oxygen atoms in total. The van der Waals surface area contributed by atoms with Gasteiger partial charge in [0.15, 0.2) is 11.6 Å². The number of carbonyl (C=O) groups is 7. The molecule has 2 saturated heterocycles. The van der Waals surface area contributed by atoms with E-state index >= 15 is 0 Å². The lowest BCUT2D eigenvalue weighted by atomic mass is 10.1. The average Bonchev–Trinajstić information content (AvgIpc) is 3.63. The first-order valence-electron chi connectivity index (χ1n) is 16.4. The Balaban J connectivity index is 1.68. The van der Waals surface area contributed by atoms with Gasteiger partial charge < -0.3 is 56.4 Å². The van der Waals surface area contributed by atoms with Crippen LogP contribution in [0.5, 0.6) is 0 Å². The van der Waals surface area contributed by atoms with E-state index in [1.54, 1.807) is 72.9 Å². The van der Waals surface area contributed by atoms with Gasteiger partial charge in [0.25, 0.3) is 41.5 Å². The van der Waals surface area contributed by atoms with Crippen LogP contribution < -0.4 is 32.7 Å². The highest BCUT2D eigenvalue weighted by molar-refractivity contribution is 14.1. The topological polar surface area (TPSA) is 266 Å². The number of esters is 1. The highest BCUT2D eigenvalue weighted by Gasteiger charge is 2.38. The average molecular weight is 1470 g/mol. The molecule has 2 aliphatic rings. The Morgan fingerprint density at radius 3 is 1.25 bits per heavy atom. The number of rotatable bonds is 13. The summed E-state index contributed by atoms with van der Waals surface area (Å²) in [7, 11) is 0. The molecule has 2 heterocycles. The maximum Gasteiger partial charge on any atom is 0.303 e. The van der Waals surface area contributed by atoms with Crippen molar-refractivity contribution in [1.29, 1.82) is 0 Å². The lowest BCUT2D eigenvalue weighted by molar-refractivity contribution is -0.156. The van der Waals surface area contributed by atoms with Gasteiger partial charge in [-0.25, -0.2) is 0 Å². The van der Waals surface area contributed by atoms with E-state index in [-0.39, 0.29) is 81.4 Å². The van der Waals surface area contributed by atoms with Crippen molar-refractivity contribution in [2.24, 2.45) is 11.5 Å². The number of nitrogens with two attached hydrogens (primary N) is 2. The van der Waals surface area contributed by atoms with E-state index in [0.29, 0.717) is 0 Å². The fourth-order valence-electron chi connectivity index (χ4n) is 5.47. The van der Waals surface area contributed by atoms with Crippen molar-refractivity contribution in [3.8, 4) is 0 Å². The van der Waals surface area contributed by atoms with Crippen molar-refractivity contribution in [3.63, 3.8) is 0 Å². The van der Waals surface area contributed by atoms with E-state index in [0.717, 1.165) is 6.92 Å². The molecule has 0 saturated carbocycles. The standard InChI is InChI=1S/C33H34I6N6O12/c1-10(46)55-25(30(51)44-23-19(36)13(26(40)47)17(34)15(21(23)38)28(49)42-6-11-8-53-32(2,3)56-11)31(52)45-24-20(37)14(27(41)48)18(35)16(22(24)39)29(50)43-7-12-9-54-33(4,5)57-12/h11-12,25H,6-9H2,1-5H3,(H2,40,47)(H2,41,48)(H,42,49)(H,43,50)(H,44,51)(H,45,52). The number of halogens is 6. The highest BCUT2D eigenvalue weighted by atomic mass is 127. The van der Waals surface area contributed by atoms with E-state index < -0.39 is 71.3 Å². The first-order chi connectivity index (χ1) is 26.4. The normalized spacial score (nSPS) is 18.6. The molecule has 0 radical (unpaired) electrons. The summed E-state index contributed by atoms with van der Waals surface area (Å²) in [6.45, 7) is 8.49. The molecule has 310 valence electrons. The number of benzene rings is 2. The van der Waals surface area contributed by atoms with Gasteiger partial charge in [0, 0.05) is 27.2 Å². The van der Waals surface area contributed by atoms with Crippen LogP contribution in [0.4, 0.5) is 11.4 Å². The maximum atomic E-state index is 14.0. The second kappa shape index (κ2) is 19.8. The predicted molar refractivity (Wildman–Crippen MR) is 254 cm³/mol. The number of ether oxygens (including phenoxy) is 5. The number of nitrogens with one attached hydrogen (secondary N) is 4. The number of amides is 6. The quantitative estimate of drug-likeness (QED) is 0.0951. The van der Waals surface area contributed by atoms with E-state index in [9.17, 15) is 33.6 Å². The number of primary amides is 2. The van der Waals surface area contributed by atoms with Crippen LogP contribution in [-0.4, -0.2) is 97.6 Å². The van der Waals surface area contributed by atoms with E-state index in [4.69, 9.17) is 35.2 Å². The van der Waals surface area contributed by atoms with Crippen LogP contribution in [0.3, 0.4) is 0 Å². The van der Waals surface area contributed by atoms with Crippen molar-refractivity contribution in [2.75, 3.05) is 36.9 Å². The first kappa shape index (κ1) is 48.6. The summed E-state index contributed by atoms with van der Waals surface area (Å²) in [4.78, 5) is 92.8. The molecule has 57 heavy (non-hydrogen) atoms. The molecule has 2 aliphatic heterocycles. The lowest BCUT2D eigenvalue weighted by Gasteiger charge is -2.23. The maximum absolute atomic E-state index is 14.0. The fraction of sp³-hybridized carbons (Fsp3) is 0.424. The summed E-state index contributed by atoms with van der Waals surface area (Å²) in [6.07, 6.45) is -3.09. The lowest BCUT2D eigenvalue weighted by Crippen LogP contribution is -2.43. The van der Waals surface area contributed by atoms with Crippen molar-refractivity contribution in [2.45, 2.75) is 64.5 Å². The third-order valence-electron chi connectivity index (χ3n) is 7.95. The fourth-order valence-corrected chi connectivity index (χ4v) is 14.4. The Hall–Kier alpha value is -1.05. The molecule has 0 aliphatic carbocycles. The molecule has 2 unspecified atom stereocenters. The summed E-state index contributed by atoms with van der Waals surface area (Å²) < 4.78 is 28.8. The second-order valence-electron chi connectivity index (χ2n) is 13.2. The van der Waals surface area contributed by atoms with Gasteiger partial charge in [-0.1, -0.05) is 0 Å². The molecular weight excluding hydrogens is 1430 g/mol. The molecular formula is C33H34I6N6O12. The third-order valence-corrected chi connectivity index (χ3v) is 14.4. The van der Waals surface area contributed by atoms with Crippen LogP contribution in [0.15, 0.2) is 0 Å². The molecule has 4 rings (SSSR count). The number of hydrogen-bond donors (Lipinski definition) is 6. The van der Waals surface area contributed by atoms with Gasteiger partial charge in [-0.3, -0.25) is 33.6 Å². The molecule has 2 fully saturated rings. The van der Waals surface area contributed by atoms with Crippen LogP contribution >= 0.6 is 136 Å². The van der Waals surface area contributed by atoms with E-state index in [1.807, 2.05) is 90.4 Å². The summed E-state index contributed by atoms with van der Waals surface area (Å²) in [6, 6.07) is 0. The van der Waals surface area contributed by atoms with Gasteiger partial charge in [-0.15, -0.1) is 0 Å². The molecule has 8 N–H and O–H groups in total. The van der Waals surface area contributed by atoms with Gasteiger partial charge in [-0.05, 0) is 163 Å². The van der Waals surface area contributed by atoms with Crippen molar-refractivity contribution >= 4 is 188 Å². The molecule has 2 aromatic rings. The highest BCUT2D eigenvalue weighted by Crippen LogP contribution is 2.38. The number of carbonyl (C=O) groups excluding carboxylic acids is 7. The van der Waals surface area contributed by atoms with Crippen LogP contribution in [0.25, 0.3) is 0 Å². The van der Waals surface area contributed by atoms with E-state index in [2.05, 4.69) is 21.3 Å². The molecule has 24 heteroatoms. The second-order valence-corrected chi connectivity index (χ2v) is 19.6. The number of hydrogen-bond acceptors (Lipinski definition) is 12. The van der Waals surface area contributed by atoms with Crippen molar-refractivity contribution < 1.29 is 57.2 Å². The zero-order valence-corrected chi connectivity index (χ0v) is 43.3. The van der Waals surface area contributed by atoms with Crippen LogP contribution in [0.2, 0.25) is 0 Å². The van der Waals surface area contributed by atoms with Crippen LogP contribution in [0.1, 0.15) is 76.1 Å². The molecule has 6 amide bonds. The summed E-state index contributed by atoms with van der Waals surface area (Å²) in [5.74, 6) is -8.10. The minimum atomic E-state index is -2.17. The number of anilines is 2. The largest absolute Gasteiger partial charge is 0.442 e. The van der Waals surface area contributed by atoms with Gasteiger partial charge in [0.2, 0.25) is 0 Å². The smallest absolute Gasteiger partial charge is 0.303 e. The molecule has 2 aromatic carbocycles. The van der Waals surface area contributed by atoms with E-state index in [1.165, 1.54) is 0 Å².